The summed E-state index contributed by atoms with van der Waals surface area (Å²) in [5.41, 5.74) is 2.06. The van der Waals surface area contributed by atoms with Crippen molar-refractivity contribution in [1.29, 1.82) is 0 Å². The summed E-state index contributed by atoms with van der Waals surface area (Å²) >= 11 is 6.42. The fourth-order valence-corrected chi connectivity index (χ4v) is 4.63. The van der Waals surface area contributed by atoms with E-state index in [1.54, 1.807) is 0 Å². The van der Waals surface area contributed by atoms with Crippen LogP contribution in [0.2, 0.25) is 5.02 Å². The molecular weight excluding hydrogens is 498 g/mol. The van der Waals surface area contributed by atoms with E-state index in [-0.39, 0.29) is 18.9 Å². The van der Waals surface area contributed by atoms with Crippen LogP contribution >= 0.6 is 11.6 Å². The van der Waals surface area contributed by atoms with Gasteiger partial charge in [-0.05, 0) is 68.5 Å². The zero-order valence-corrected chi connectivity index (χ0v) is 22.7. The number of carbonyl (C=O) groups is 1. The number of benzene rings is 2. The van der Waals surface area contributed by atoms with Gasteiger partial charge in [0.1, 0.15) is 18.0 Å². The maximum Gasteiger partial charge on any atom is 0.220 e. The minimum atomic E-state index is -1.10. The molecule has 5 atom stereocenters. The third-order valence-electron chi connectivity index (χ3n) is 6.46. The third-order valence-corrected chi connectivity index (χ3v) is 6.83. The standard InChI is InChI=1S/C22H27ClO5.C5H9NO.CH4O/c1-3-27-17-7-4-14(5-8-17)10-15-11-16(6-9-18(15)23)22(2)12-19(25)21(26)20(13-24)28-22;1-4-2-3-5(7)6-4;1-2/h4-9,11,19-21,24-26H,3,10,12-13H2,1-2H3;4H,2-3H2,1H3,(H,6,7);2H,1H3/t19-,20-,21+,22+;4-;/m11./s1. The Balaban J connectivity index is 0.000000455. The van der Waals surface area contributed by atoms with Crippen LogP contribution in [0.25, 0.3) is 0 Å². The second kappa shape index (κ2) is 14.7. The number of hydrogen-bond acceptors (Lipinski definition) is 7. The van der Waals surface area contributed by atoms with Gasteiger partial charge in [0.15, 0.2) is 0 Å². The first-order valence-corrected chi connectivity index (χ1v) is 12.9. The van der Waals surface area contributed by atoms with Gasteiger partial charge in [-0.1, -0.05) is 35.9 Å². The van der Waals surface area contributed by atoms with E-state index < -0.39 is 23.9 Å². The molecule has 0 aliphatic carbocycles. The van der Waals surface area contributed by atoms with Crippen LogP contribution in [-0.2, 0) is 21.6 Å². The summed E-state index contributed by atoms with van der Waals surface area (Å²) in [7, 11) is 1.00. The van der Waals surface area contributed by atoms with Crippen LogP contribution in [-0.4, -0.2) is 71.0 Å². The van der Waals surface area contributed by atoms with Crippen molar-refractivity contribution in [2.24, 2.45) is 0 Å². The van der Waals surface area contributed by atoms with Crippen LogP contribution < -0.4 is 10.1 Å². The first-order chi connectivity index (χ1) is 17.6. The van der Waals surface area contributed by atoms with E-state index >= 15 is 0 Å². The van der Waals surface area contributed by atoms with Gasteiger partial charge in [0.25, 0.3) is 0 Å². The molecule has 2 saturated heterocycles. The van der Waals surface area contributed by atoms with Gasteiger partial charge in [-0.2, -0.15) is 0 Å². The van der Waals surface area contributed by atoms with Crippen molar-refractivity contribution in [3.8, 4) is 5.75 Å². The van der Waals surface area contributed by atoms with Gasteiger partial charge in [0, 0.05) is 31.0 Å². The van der Waals surface area contributed by atoms with Crippen LogP contribution in [0.5, 0.6) is 5.75 Å². The largest absolute Gasteiger partial charge is 0.494 e. The summed E-state index contributed by atoms with van der Waals surface area (Å²) in [6, 6.07) is 14.0. The number of aliphatic hydroxyl groups is 4. The molecule has 0 bridgehead atoms. The minimum Gasteiger partial charge on any atom is -0.494 e. The molecule has 0 unspecified atom stereocenters. The fraction of sp³-hybridized carbons (Fsp3) is 0.536. The van der Waals surface area contributed by atoms with Gasteiger partial charge >= 0.3 is 0 Å². The highest BCUT2D eigenvalue weighted by Crippen LogP contribution is 2.39. The minimum absolute atomic E-state index is 0.201. The van der Waals surface area contributed by atoms with Gasteiger partial charge in [-0.3, -0.25) is 4.79 Å². The molecule has 4 rings (SSSR count). The van der Waals surface area contributed by atoms with E-state index in [1.807, 2.05) is 63.2 Å². The highest BCUT2D eigenvalue weighted by molar-refractivity contribution is 6.31. The number of ether oxygens (including phenoxy) is 2. The van der Waals surface area contributed by atoms with Crippen LogP contribution in [0.3, 0.4) is 0 Å². The summed E-state index contributed by atoms with van der Waals surface area (Å²) in [4.78, 5) is 10.3. The Labute approximate surface area is 224 Å². The Kier molecular flexibility index (Phi) is 12.3. The van der Waals surface area contributed by atoms with E-state index in [1.165, 1.54) is 0 Å². The lowest BCUT2D eigenvalue weighted by Gasteiger charge is -2.43. The van der Waals surface area contributed by atoms with Crippen LogP contribution in [0.15, 0.2) is 42.5 Å². The Morgan fingerprint density at radius 1 is 1.16 bits per heavy atom. The lowest BCUT2D eigenvalue weighted by Crippen LogP contribution is -2.53. The molecule has 0 saturated carbocycles. The quantitative estimate of drug-likeness (QED) is 0.383. The molecule has 37 heavy (non-hydrogen) atoms. The normalized spacial score (nSPS) is 26.8. The van der Waals surface area contributed by atoms with E-state index in [0.29, 0.717) is 24.1 Å². The van der Waals surface area contributed by atoms with Gasteiger partial charge in [0.2, 0.25) is 5.91 Å². The molecule has 8 nitrogen and oxygen atoms in total. The van der Waals surface area contributed by atoms with Crippen molar-refractivity contribution in [1.82, 2.24) is 5.32 Å². The molecule has 5 N–H and O–H groups in total. The lowest BCUT2D eigenvalue weighted by molar-refractivity contribution is -0.222. The highest BCUT2D eigenvalue weighted by Gasteiger charge is 2.44. The molecule has 0 radical (unpaired) electrons. The number of nitrogens with one attached hydrogen (secondary N) is 1. The maximum absolute atomic E-state index is 10.3. The van der Waals surface area contributed by atoms with Gasteiger partial charge < -0.3 is 35.2 Å². The molecule has 9 heteroatoms. The number of amides is 1. The molecule has 2 heterocycles. The summed E-state index contributed by atoms with van der Waals surface area (Å²) < 4.78 is 11.4. The molecule has 2 fully saturated rings. The predicted octanol–water partition coefficient (Wildman–Crippen LogP) is 2.94. The fourth-order valence-electron chi connectivity index (χ4n) is 4.45. The molecule has 206 valence electrons. The Morgan fingerprint density at radius 2 is 1.84 bits per heavy atom. The molecule has 2 aromatic carbocycles. The molecule has 0 aromatic heterocycles. The zero-order valence-electron chi connectivity index (χ0n) is 22.0. The zero-order chi connectivity index (χ0) is 27.6. The Hall–Kier alpha value is -2.20. The maximum atomic E-state index is 10.3. The number of halogens is 1. The van der Waals surface area contributed by atoms with Crippen molar-refractivity contribution < 1.29 is 34.7 Å². The third kappa shape index (κ3) is 8.67. The van der Waals surface area contributed by atoms with Crippen molar-refractivity contribution in [3.05, 3.63) is 64.2 Å². The van der Waals surface area contributed by atoms with Crippen LogP contribution in [0, 0.1) is 0 Å². The van der Waals surface area contributed by atoms with Crippen LogP contribution in [0.4, 0.5) is 0 Å². The summed E-state index contributed by atoms with van der Waals surface area (Å²) in [5, 5.41) is 40.1. The second-order valence-electron chi connectivity index (χ2n) is 9.40. The summed E-state index contributed by atoms with van der Waals surface area (Å²) in [6.45, 7) is 6.09. The molecular formula is C28H40ClNO7. The van der Waals surface area contributed by atoms with E-state index in [9.17, 15) is 20.1 Å². The number of aliphatic hydroxyl groups excluding tert-OH is 4. The van der Waals surface area contributed by atoms with Gasteiger partial charge in [-0.25, -0.2) is 0 Å². The Morgan fingerprint density at radius 3 is 2.35 bits per heavy atom. The Bertz CT molecular complexity index is 987. The lowest BCUT2D eigenvalue weighted by atomic mass is 9.83. The average molecular weight is 538 g/mol. The van der Waals surface area contributed by atoms with Gasteiger partial charge in [-0.15, -0.1) is 0 Å². The molecule has 2 aromatic rings. The first kappa shape index (κ1) is 31.0. The monoisotopic (exact) mass is 537 g/mol. The first-order valence-electron chi connectivity index (χ1n) is 12.5. The van der Waals surface area contributed by atoms with Crippen molar-refractivity contribution >= 4 is 17.5 Å². The molecule has 1 amide bonds. The van der Waals surface area contributed by atoms with E-state index in [2.05, 4.69) is 5.32 Å². The number of hydrogen-bond donors (Lipinski definition) is 5. The van der Waals surface area contributed by atoms with E-state index in [4.69, 9.17) is 26.2 Å². The van der Waals surface area contributed by atoms with E-state index in [0.717, 1.165) is 42.4 Å². The smallest absolute Gasteiger partial charge is 0.220 e. The van der Waals surface area contributed by atoms with Crippen molar-refractivity contribution in [2.45, 2.75) is 76.4 Å². The molecule has 0 spiro atoms. The molecule has 2 aliphatic heterocycles. The molecule has 2 aliphatic rings. The van der Waals surface area contributed by atoms with Crippen molar-refractivity contribution in [3.63, 3.8) is 0 Å². The average Bonchev–Trinajstić information content (AvgIpc) is 3.28. The SMILES string of the molecule is CCOc1ccc(Cc2cc([C@]3(C)C[C@@H](O)[C@H](O)[C@@H](CO)O3)ccc2Cl)cc1.CO.C[C@@H]1CCC(=O)N1. The van der Waals surface area contributed by atoms with Crippen molar-refractivity contribution in [2.75, 3.05) is 20.3 Å². The number of rotatable bonds is 6. The van der Waals surface area contributed by atoms with Crippen LogP contribution in [0.1, 0.15) is 56.7 Å². The summed E-state index contributed by atoms with van der Waals surface area (Å²) in [5.74, 6) is 1.03. The number of carbonyl (C=O) groups excluding carboxylic acids is 1. The second-order valence-corrected chi connectivity index (χ2v) is 9.81. The topological polar surface area (TPSA) is 128 Å². The van der Waals surface area contributed by atoms with Gasteiger partial charge in [0.05, 0.1) is 24.9 Å². The highest BCUT2D eigenvalue weighted by atomic mass is 35.5. The summed E-state index contributed by atoms with van der Waals surface area (Å²) in [6.07, 6.45) is -0.299. The predicted molar refractivity (Wildman–Crippen MR) is 143 cm³/mol.